The Labute approximate surface area is 191 Å². The van der Waals surface area contributed by atoms with Crippen molar-refractivity contribution in [1.82, 2.24) is 14.4 Å². The first-order valence-corrected chi connectivity index (χ1v) is 11.2. The molecule has 2 aliphatic rings. The Bertz CT molecular complexity index is 1240. The molecule has 0 bridgehead atoms. The second-order valence-corrected chi connectivity index (χ2v) is 8.52. The van der Waals surface area contributed by atoms with E-state index in [-0.39, 0.29) is 18.1 Å². The number of Topliss-reactive ketones (excluding diaryl/α,β-unsaturated/α-hetero) is 1. The van der Waals surface area contributed by atoms with Gasteiger partial charge in [-0.1, -0.05) is 41.1 Å². The lowest BCUT2D eigenvalue weighted by Gasteiger charge is -2.24. The maximum absolute atomic E-state index is 12.7. The van der Waals surface area contributed by atoms with Crippen molar-refractivity contribution in [1.29, 1.82) is 0 Å². The number of thioether (sulfide) groups is 1. The second kappa shape index (κ2) is 8.89. The number of ketones is 1. The van der Waals surface area contributed by atoms with Gasteiger partial charge in [0.2, 0.25) is 0 Å². The molecule has 13 heteroatoms. The van der Waals surface area contributed by atoms with Crippen LogP contribution in [0, 0.1) is 0 Å². The lowest BCUT2D eigenvalue weighted by Crippen LogP contribution is -2.36. The van der Waals surface area contributed by atoms with Crippen LogP contribution in [0.15, 0.2) is 46.9 Å². The summed E-state index contributed by atoms with van der Waals surface area (Å²) >= 11 is 1.28. The van der Waals surface area contributed by atoms with Crippen molar-refractivity contribution in [3.63, 3.8) is 0 Å². The zero-order valence-electron chi connectivity index (χ0n) is 17.3. The lowest BCUT2D eigenvalue weighted by molar-refractivity contribution is -0.0218. The lowest BCUT2D eigenvalue weighted by atomic mass is 10.1. The number of rotatable bonds is 7. The van der Waals surface area contributed by atoms with Gasteiger partial charge in [-0.05, 0) is 5.53 Å². The highest BCUT2D eigenvalue weighted by Crippen LogP contribution is 2.39. The minimum Gasteiger partial charge on any atom is -0.394 e. The van der Waals surface area contributed by atoms with E-state index < -0.39 is 18.4 Å². The van der Waals surface area contributed by atoms with Crippen molar-refractivity contribution in [3.8, 4) is 0 Å². The molecular weight excluding hydrogens is 448 g/mol. The number of imidazole rings is 1. The number of hydrogen-bond acceptors (Lipinski definition) is 10. The van der Waals surface area contributed by atoms with Gasteiger partial charge in [0.05, 0.1) is 25.1 Å². The molecule has 0 saturated carbocycles. The molecule has 1 aromatic carbocycles. The number of aliphatic hydroxyl groups excluding tert-OH is 2. The summed E-state index contributed by atoms with van der Waals surface area (Å²) in [5.74, 6) is 0.683. The largest absolute Gasteiger partial charge is 0.394 e. The molecule has 0 unspecified atom stereocenters. The normalized spacial score (nSPS) is 21.6. The Morgan fingerprint density at radius 3 is 2.94 bits per heavy atom. The van der Waals surface area contributed by atoms with Gasteiger partial charge in [0.15, 0.2) is 22.4 Å². The third-order valence-electron chi connectivity index (χ3n) is 5.61. The molecule has 3 atom stereocenters. The van der Waals surface area contributed by atoms with Gasteiger partial charge in [-0.2, -0.15) is 0 Å². The van der Waals surface area contributed by atoms with E-state index in [0.29, 0.717) is 41.0 Å². The van der Waals surface area contributed by atoms with E-state index in [9.17, 15) is 15.0 Å². The van der Waals surface area contributed by atoms with Crippen LogP contribution < -0.4 is 10.2 Å². The van der Waals surface area contributed by atoms with Gasteiger partial charge in [-0.3, -0.25) is 9.20 Å². The van der Waals surface area contributed by atoms with Crippen LogP contribution in [0.25, 0.3) is 16.1 Å². The molecule has 4 heterocycles. The van der Waals surface area contributed by atoms with Gasteiger partial charge < -0.3 is 25.2 Å². The topological polar surface area (TPSA) is 161 Å². The Kier molecular flexibility index (Phi) is 5.79. The standard InChI is InChI=1S/C20H20N8O4S/c21-26-25-12-3-1-11(2-4-12)14(31)9-33-20-24-19-17(18-22-5-6-27(18)20)23-10-28(19)16-7-13(30)15(8-29)32-16/h1-6,13,15-16,23,29-30H,7-10H2/t13-,15+,16+/m0/s1. The van der Waals surface area contributed by atoms with E-state index in [4.69, 9.17) is 15.3 Å². The molecule has 2 aliphatic heterocycles. The van der Waals surface area contributed by atoms with Crippen molar-refractivity contribution in [3.05, 3.63) is 52.7 Å². The average Bonchev–Trinajstić information content (AvgIpc) is 3.55. The molecular formula is C20H20N8O4S. The number of ether oxygens (including phenoxy) is 1. The number of nitrogens with zero attached hydrogens (tertiary/aromatic N) is 7. The number of anilines is 2. The van der Waals surface area contributed by atoms with Crippen molar-refractivity contribution >= 4 is 40.4 Å². The van der Waals surface area contributed by atoms with E-state index in [1.54, 1.807) is 36.7 Å². The zero-order chi connectivity index (χ0) is 22.9. The summed E-state index contributed by atoms with van der Waals surface area (Å²) < 4.78 is 7.63. The number of azide groups is 1. The number of benzene rings is 1. The minimum absolute atomic E-state index is 0.0916. The molecule has 5 rings (SSSR count). The molecule has 0 radical (unpaired) electrons. The Balaban J connectivity index is 1.38. The van der Waals surface area contributed by atoms with E-state index in [0.717, 1.165) is 5.69 Å². The number of fused-ring (bicyclic) bond motifs is 3. The van der Waals surface area contributed by atoms with Crippen molar-refractivity contribution < 1.29 is 19.7 Å². The number of aromatic nitrogens is 3. The first-order valence-electron chi connectivity index (χ1n) is 10.2. The molecule has 170 valence electrons. The Hall–Kier alpha value is -3.35. The van der Waals surface area contributed by atoms with Gasteiger partial charge in [-0.15, -0.1) is 0 Å². The monoisotopic (exact) mass is 468 g/mol. The average molecular weight is 468 g/mol. The maximum atomic E-state index is 12.7. The fourth-order valence-electron chi connectivity index (χ4n) is 3.94. The molecule has 3 N–H and O–H groups in total. The summed E-state index contributed by atoms with van der Waals surface area (Å²) in [6.07, 6.45) is 1.97. The highest BCUT2D eigenvalue weighted by molar-refractivity contribution is 7.99. The smallest absolute Gasteiger partial charge is 0.176 e. The van der Waals surface area contributed by atoms with Gasteiger partial charge >= 0.3 is 0 Å². The first-order chi connectivity index (χ1) is 16.1. The molecule has 1 saturated heterocycles. The zero-order valence-corrected chi connectivity index (χ0v) is 18.1. The number of carbonyl (C=O) groups is 1. The number of carbonyl (C=O) groups excluding carboxylic acids is 1. The van der Waals surface area contributed by atoms with Crippen LogP contribution in [-0.2, 0) is 4.74 Å². The molecule has 0 amide bonds. The van der Waals surface area contributed by atoms with Crippen molar-refractivity contribution in [2.24, 2.45) is 5.11 Å². The third kappa shape index (κ3) is 3.96. The molecule has 1 fully saturated rings. The van der Waals surface area contributed by atoms with Crippen LogP contribution in [0.5, 0.6) is 0 Å². The molecule has 3 aromatic rings. The highest BCUT2D eigenvalue weighted by Gasteiger charge is 2.40. The third-order valence-corrected chi connectivity index (χ3v) is 6.56. The number of hydrogen-bond donors (Lipinski definition) is 3. The predicted molar refractivity (Wildman–Crippen MR) is 121 cm³/mol. The van der Waals surface area contributed by atoms with Gasteiger partial charge in [-0.25, -0.2) is 9.97 Å². The first kappa shape index (κ1) is 21.5. The minimum atomic E-state index is -0.754. The van der Waals surface area contributed by atoms with E-state index in [1.807, 2.05) is 9.30 Å². The molecule has 0 aliphatic carbocycles. The summed E-state index contributed by atoms with van der Waals surface area (Å²) in [5, 5.41) is 26.9. The van der Waals surface area contributed by atoms with E-state index in [1.165, 1.54) is 11.8 Å². The van der Waals surface area contributed by atoms with Crippen LogP contribution in [0.1, 0.15) is 16.8 Å². The quantitative estimate of drug-likeness (QED) is 0.118. The fourth-order valence-corrected chi connectivity index (χ4v) is 4.80. The molecule has 2 aromatic heterocycles. The molecule has 33 heavy (non-hydrogen) atoms. The van der Waals surface area contributed by atoms with Crippen molar-refractivity contribution in [2.75, 3.05) is 29.2 Å². The van der Waals surface area contributed by atoms with Crippen LogP contribution in [0.3, 0.4) is 0 Å². The summed E-state index contributed by atoms with van der Waals surface area (Å²) in [5.41, 5.74) is 10.9. The predicted octanol–water partition coefficient (Wildman–Crippen LogP) is 2.30. The summed E-state index contributed by atoms with van der Waals surface area (Å²) in [6, 6.07) is 6.45. The Morgan fingerprint density at radius 2 is 2.21 bits per heavy atom. The van der Waals surface area contributed by atoms with Crippen LogP contribution in [-0.4, -0.2) is 67.8 Å². The van der Waals surface area contributed by atoms with Crippen molar-refractivity contribution in [2.45, 2.75) is 30.0 Å². The fraction of sp³-hybridized carbons (Fsp3) is 0.350. The number of nitrogens with one attached hydrogen (secondary N) is 1. The SMILES string of the molecule is [N-]=[N+]=Nc1ccc(C(=O)CSc2nc3c(c4nccn24)NCN3[C@H]2C[C@H](O)[C@@H](CO)O2)cc1. The van der Waals surface area contributed by atoms with E-state index in [2.05, 4.69) is 20.3 Å². The maximum Gasteiger partial charge on any atom is 0.176 e. The Morgan fingerprint density at radius 1 is 1.39 bits per heavy atom. The van der Waals surface area contributed by atoms with Crippen LogP contribution >= 0.6 is 11.8 Å². The van der Waals surface area contributed by atoms with Crippen LogP contribution in [0.2, 0.25) is 0 Å². The summed E-state index contributed by atoms with van der Waals surface area (Å²) in [6.45, 7) is 0.163. The van der Waals surface area contributed by atoms with E-state index >= 15 is 0 Å². The van der Waals surface area contributed by atoms with Crippen LogP contribution in [0.4, 0.5) is 17.2 Å². The summed E-state index contributed by atoms with van der Waals surface area (Å²) in [7, 11) is 0. The number of aliphatic hydroxyl groups is 2. The van der Waals surface area contributed by atoms with Gasteiger partial charge in [0.25, 0.3) is 0 Å². The summed E-state index contributed by atoms with van der Waals surface area (Å²) in [4.78, 5) is 26.5. The second-order valence-electron chi connectivity index (χ2n) is 7.58. The van der Waals surface area contributed by atoms with Gasteiger partial charge in [0.1, 0.15) is 18.0 Å². The van der Waals surface area contributed by atoms with Gasteiger partial charge in [0, 0.05) is 35.0 Å². The molecule has 12 nitrogen and oxygen atoms in total. The molecule has 0 spiro atoms. The highest BCUT2D eigenvalue weighted by atomic mass is 32.2.